The molecule has 2 saturated heterocycles. The molecule has 19 heavy (non-hydrogen) atoms. The number of aryl methyl sites for hydroxylation is 1. The minimum absolute atomic E-state index is 0. The van der Waals surface area contributed by atoms with E-state index < -0.39 is 0 Å². The first-order chi connectivity index (χ1) is 8.78. The molecule has 0 bridgehead atoms. The van der Waals surface area contributed by atoms with E-state index in [1.54, 1.807) is 0 Å². The van der Waals surface area contributed by atoms with Crippen molar-refractivity contribution in [3.63, 3.8) is 0 Å². The molecule has 1 aromatic rings. The molecule has 2 atom stereocenters. The number of nitrogens with one attached hydrogen (secondary N) is 1. The monoisotopic (exact) mass is 300 g/mol. The van der Waals surface area contributed by atoms with Crippen LogP contribution in [0.5, 0.6) is 0 Å². The van der Waals surface area contributed by atoms with Crippen LogP contribution in [-0.2, 0) is 13.0 Å². The number of fused-ring (bicyclic) bond motifs is 1. The molecule has 3 rings (SSSR count). The van der Waals surface area contributed by atoms with E-state index in [1.165, 1.54) is 37.3 Å². The Morgan fingerprint density at radius 2 is 1.95 bits per heavy atom. The van der Waals surface area contributed by atoms with Crippen LogP contribution in [0, 0.1) is 11.8 Å². The highest BCUT2D eigenvalue weighted by molar-refractivity contribution is 6.31. The molecular formula is C15H22Cl2N2. The third-order valence-electron chi connectivity index (χ3n) is 4.44. The summed E-state index contributed by atoms with van der Waals surface area (Å²) in [5.41, 5.74) is 2.74. The zero-order valence-electron chi connectivity index (χ0n) is 11.4. The number of benzene rings is 1. The van der Waals surface area contributed by atoms with Crippen molar-refractivity contribution in [1.29, 1.82) is 0 Å². The lowest BCUT2D eigenvalue weighted by atomic mass is 10.0. The fourth-order valence-electron chi connectivity index (χ4n) is 3.42. The van der Waals surface area contributed by atoms with E-state index in [4.69, 9.17) is 11.6 Å². The van der Waals surface area contributed by atoms with Crippen molar-refractivity contribution in [2.45, 2.75) is 19.9 Å². The summed E-state index contributed by atoms with van der Waals surface area (Å²) in [6.07, 6.45) is 1.07. The number of rotatable bonds is 3. The molecule has 0 saturated carbocycles. The van der Waals surface area contributed by atoms with E-state index in [0.717, 1.165) is 29.8 Å². The second kappa shape index (κ2) is 6.45. The molecule has 0 unspecified atom stereocenters. The van der Waals surface area contributed by atoms with Gasteiger partial charge in [-0.3, -0.25) is 4.90 Å². The minimum atomic E-state index is 0. The number of nitrogens with zero attached hydrogens (tertiary/aromatic N) is 1. The Hall–Kier alpha value is -0.280. The van der Waals surface area contributed by atoms with Gasteiger partial charge in [-0.2, -0.15) is 0 Å². The molecule has 1 N–H and O–H groups in total. The third kappa shape index (κ3) is 3.08. The molecular weight excluding hydrogens is 279 g/mol. The summed E-state index contributed by atoms with van der Waals surface area (Å²) in [6.45, 7) is 8.08. The fourth-order valence-corrected chi connectivity index (χ4v) is 3.67. The number of likely N-dealkylation sites (tertiary alicyclic amines) is 1. The summed E-state index contributed by atoms with van der Waals surface area (Å²) >= 11 is 6.37. The quantitative estimate of drug-likeness (QED) is 0.923. The lowest BCUT2D eigenvalue weighted by molar-refractivity contribution is 0.305. The lowest BCUT2D eigenvalue weighted by Crippen LogP contribution is -2.26. The topological polar surface area (TPSA) is 15.3 Å². The second-order valence-corrected chi connectivity index (χ2v) is 6.01. The summed E-state index contributed by atoms with van der Waals surface area (Å²) in [5, 5.41) is 4.42. The second-order valence-electron chi connectivity index (χ2n) is 5.60. The van der Waals surface area contributed by atoms with Gasteiger partial charge in [0.2, 0.25) is 0 Å². The van der Waals surface area contributed by atoms with Crippen LogP contribution in [0.1, 0.15) is 18.1 Å². The van der Waals surface area contributed by atoms with E-state index >= 15 is 0 Å². The maximum absolute atomic E-state index is 6.37. The van der Waals surface area contributed by atoms with E-state index in [9.17, 15) is 0 Å². The SMILES string of the molecule is CCc1cccc(Cl)c1CN1C[C@H]2CNC[C@H]2C1.Cl. The average Bonchev–Trinajstić information content (AvgIpc) is 2.92. The lowest BCUT2D eigenvalue weighted by Gasteiger charge is -2.20. The molecule has 0 aromatic heterocycles. The first-order valence-electron chi connectivity index (χ1n) is 6.97. The van der Waals surface area contributed by atoms with Crippen molar-refractivity contribution >= 4 is 24.0 Å². The highest BCUT2D eigenvalue weighted by atomic mass is 35.5. The Bertz CT molecular complexity index is 424. The van der Waals surface area contributed by atoms with Crippen molar-refractivity contribution < 1.29 is 0 Å². The van der Waals surface area contributed by atoms with E-state index in [0.29, 0.717) is 0 Å². The van der Waals surface area contributed by atoms with Crippen LogP contribution in [0.2, 0.25) is 5.02 Å². The zero-order chi connectivity index (χ0) is 12.5. The smallest absolute Gasteiger partial charge is 0.0453 e. The predicted molar refractivity (Wildman–Crippen MR) is 83.2 cm³/mol. The standard InChI is InChI=1S/C15H21ClN2.ClH/c1-2-11-4-3-5-15(16)14(11)10-18-8-12-6-17-7-13(12)9-18;/h3-5,12-13,17H,2,6-10H2,1H3;1H/t12-,13+;. The van der Waals surface area contributed by atoms with Gasteiger partial charge < -0.3 is 5.32 Å². The van der Waals surface area contributed by atoms with Crippen LogP contribution < -0.4 is 5.32 Å². The molecule has 106 valence electrons. The van der Waals surface area contributed by atoms with Crippen molar-refractivity contribution in [2.75, 3.05) is 26.2 Å². The van der Waals surface area contributed by atoms with Crippen LogP contribution in [-0.4, -0.2) is 31.1 Å². The van der Waals surface area contributed by atoms with Crippen molar-refractivity contribution in [1.82, 2.24) is 10.2 Å². The van der Waals surface area contributed by atoms with Gasteiger partial charge in [-0.1, -0.05) is 30.7 Å². The van der Waals surface area contributed by atoms with Gasteiger partial charge in [-0.05, 0) is 48.5 Å². The predicted octanol–water partition coefficient (Wildman–Crippen LogP) is 2.98. The zero-order valence-corrected chi connectivity index (χ0v) is 12.9. The van der Waals surface area contributed by atoms with Crippen LogP contribution in [0.3, 0.4) is 0 Å². The van der Waals surface area contributed by atoms with Crippen LogP contribution >= 0.6 is 24.0 Å². The fraction of sp³-hybridized carbons (Fsp3) is 0.600. The highest BCUT2D eigenvalue weighted by Crippen LogP contribution is 2.30. The molecule has 0 aliphatic carbocycles. The summed E-state index contributed by atoms with van der Waals surface area (Å²) in [4.78, 5) is 2.58. The van der Waals surface area contributed by atoms with Crippen molar-refractivity contribution in [3.05, 3.63) is 34.3 Å². The molecule has 0 radical (unpaired) electrons. The molecule has 2 aliphatic rings. The average molecular weight is 301 g/mol. The number of halogens is 2. The molecule has 2 fully saturated rings. The largest absolute Gasteiger partial charge is 0.316 e. The Balaban J connectivity index is 0.00000133. The molecule has 0 amide bonds. The van der Waals surface area contributed by atoms with E-state index in [-0.39, 0.29) is 12.4 Å². The maximum Gasteiger partial charge on any atom is 0.0453 e. The van der Waals surface area contributed by atoms with Crippen molar-refractivity contribution in [3.8, 4) is 0 Å². The minimum Gasteiger partial charge on any atom is -0.316 e. The van der Waals surface area contributed by atoms with Gasteiger partial charge in [0.15, 0.2) is 0 Å². The summed E-state index contributed by atoms with van der Waals surface area (Å²) in [7, 11) is 0. The van der Waals surface area contributed by atoms with Gasteiger partial charge in [-0.15, -0.1) is 12.4 Å². The number of hydrogen-bond acceptors (Lipinski definition) is 2. The Kier molecular flexibility index (Phi) is 5.13. The van der Waals surface area contributed by atoms with Gasteiger partial charge in [0.25, 0.3) is 0 Å². The summed E-state index contributed by atoms with van der Waals surface area (Å²) < 4.78 is 0. The maximum atomic E-state index is 6.37. The normalized spacial score (nSPS) is 26.2. The van der Waals surface area contributed by atoms with Crippen LogP contribution in [0.25, 0.3) is 0 Å². The first kappa shape index (κ1) is 15.1. The summed E-state index contributed by atoms with van der Waals surface area (Å²) in [5.74, 6) is 1.72. The molecule has 2 nitrogen and oxygen atoms in total. The molecule has 2 aliphatic heterocycles. The van der Waals surface area contributed by atoms with Gasteiger partial charge in [0.05, 0.1) is 0 Å². The molecule has 1 aromatic carbocycles. The molecule has 4 heteroatoms. The van der Waals surface area contributed by atoms with Gasteiger partial charge in [-0.25, -0.2) is 0 Å². The highest BCUT2D eigenvalue weighted by Gasteiger charge is 2.36. The van der Waals surface area contributed by atoms with Gasteiger partial charge in [0.1, 0.15) is 0 Å². The van der Waals surface area contributed by atoms with E-state index in [1.807, 2.05) is 6.07 Å². The summed E-state index contributed by atoms with van der Waals surface area (Å²) in [6, 6.07) is 6.29. The number of hydrogen-bond donors (Lipinski definition) is 1. The van der Waals surface area contributed by atoms with Crippen LogP contribution in [0.4, 0.5) is 0 Å². The Morgan fingerprint density at radius 3 is 2.58 bits per heavy atom. The first-order valence-corrected chi connectivity index (χ1v) is 7.35. The molecule has 0 spiro atoms. The molecule has 2 heterocycles. The van der Waals surface area contributed by atoms with Crippen molar-refractivity contribution in [2.24, 2.45) is 11.8 Å². The Labute approximate surface area is 126 Å². The van der Waals surface area contributed by atoms with Crippen LogP contribution in [0.15, 0.2) is 18.2 Å². The van der Waals surface area contributed by atoms with E-state index in [2.05, 4.69) is 29.3 Å². The van der Waals surface area contributed by atoms with Gasteiger partial charge in [0, 0.05) is 24.7 Å². The van der Waals surface area contributed by atoms with Gasteiger partial charge >= 0.3 is 0 Å². The third-order valence-corrected chi connectivity index (χ3v) is 4.80. The Morgan fingerprint density at radius 1 is 1.26 bits per heavy atom.